The largest absolute Gasteiger partial charge is 0.476 e. The number of aliphatic hydroxyl groups is 1. The van der Waals surface area contributed by atoms with Crippen LogP contribution in [0.2, 0.25) is 0 Å². The van der Waals surface area contributed by atoms with Crippen molar-refractivity contribution in [3.8, 4) is 0 Å². The van der Waals surface area contributed by atoms with Gasteiger partial charge in [-0.3, -0.25) is 0 Å². The Labute approximate surface area is 98.2 Å². The maximum Gasteiger partial charge on any atom is 0.358 e. The van der Waals surface area contributed by atoms with E-state index in [1.807, 2.05) is 13.8 Å². The molecule has 6 heteroatoms. The predicted molar refractivity (Wildman–Crippen MR) is 56.6 cm³/mol. The highest BCUT2D eigenvalue weighted by atomic mass is 16.5. The summed E-state index contributed by atoms with van der Waals surface area (Å²) in [5.74, 6) is -0.985. The van der Waals surface area contributed by atoms with Crippen molar-refractivity contribution >= 4 is 5.97 Å². The van der Waals surface area contributed by atoms with Gasteiger partial charge in [-0.15, -0.1) is 0 Å². The lowest BCUT2D eigenvalue weighted by Crippen LogP contribution is -2.43. The summed E-state index contributed by atoms with van der Waals surface area (Å²) in [7, 11) is 0. The van der Waals surface area contributed by atoms with Gasteiger partial charge in [0.2, 0.25) is 0 Å². The van der Waals surface area contributed by atoms with Crippen molar-refractivity contribution in [1.82, 2.24) is 5.16 Å². The predicted octanol–water partition coefficient (Wildman–Crippen LogP) is 1.15. The smallest absolute Gasteiger partial charge is 0.358 e. The number of nitrogens with zero attached hydrogens (tertiary/aromatic N) is 1. The second kappa shape index (κ2) is 3.82. The van der Waals surface area contributed by atoms with Gasteiger partial charge in [0.05, 0.1) is 12.2 Å². The summed E-state index contributed by atoms with van der Waals surface area (Å²) in [6, 6.07) is 1.27. The molecule has 1 aliphatic heterocycles. The van der Waals surface area contributed by atoms with Gasteiger partial charge in [-0.1, -0.05) is 5.16 Å². The standard InChI is InChI=1S/C11H15NO5/c1-10(2)6-11(15,3-4-16-10)8-5-7(9(13)14)12-17-8/h5,15H,3-4,6H2,1-2H3,(H,13,14). The molecular formula is C11H15NO5. The van der Waals surface area contributed by atoms with E-state index in [0.29, 0.717) is 19.4 Å². The topological polar surface area (TPSA) is 92.8 Å². The minimum absolute atomic E-state index is 0.186. The summed E-state index contributed by atoms with van der Waals surface area (Å²) >= 11 is 0. The first kappa shape index (κ1) is 12.1. The molecule has 6 nitrogen and oxygen atoms in total. The molecule has 1 aromatic heterocycles. The fraction of sp³-hybridized carbons (Fsp3) is 0.636. The van der Waals surface area contributed by atoms with E-state index < -0.39 is 17.2 Å². The number of rotatable bonds is 2. The van der Waals surface area contributed by atoms with Crippen molar-refractivity contribution in [3.63, 3.8) is 0 Å². The quantitative estimate of drug-likeness (QED) is 0.806. The molecule has 2 heterocycles. The van der Waals surface area contributed by atoms with E-state index in [1.165, 1.54) is 6.07 Å². The first-order valence-electron chi connectivity index (χ1n) is 5.39. The lowest BCUT2D eigenvalue weighted by atomic mass is 9.82. The minimum Gasteiger partial charge on any atom is -0.476 e. The number of hydrogen-bond acceptors (Lipinski definition) is 5. The summed E-state index contributed by atoms with van der Waals surface area (Å²) in [6.07, 6.45) is 0.707. The summed E-state index contributed by atoms with van der Waals surface area (Å²) in [5, 5.41) is 22.6. The van der Waals surface area contributed by atoms with Crippen LogP contribution < -0.4 is 0 Å². The second-order valence-electron chi connectivity index (χ2n) is 4.95. The molecule has 1 aliphatic rings. The molecule has 1 fully saturated rings. The van der Waals surface area contributed by atoms with Crippen molar-refractivity contribution in [2.24, 2.45) is 0 Å². The molecule has 1 unspecified atom stereocenters. The van der Waals surface area contributed by atoms with Crippen LogP contribution in [0.3, 0.4) is 0 Å². The van der Waals surface area contributed by atoms with Crippen LogP contribution in [0.25, 0.3) is 0 Å². The van der Waals surface area contributed by atoms with Crippen LogP contribution in [0.5, 0.6) is 0 Å². The highest BCUT2D eigenvalue weighted by molar-refractivity contribution is 5.85. The Morgan fingerprint density at radius 2 is 2.24 bits per heavy atom. The van der Waals surface area contributed by atoms with Gasteiger partial charge in [0.25, 0.3) is 0 Å². The Morgan fingerprint density at radius 1 is 1.53 bits per heavy atom. The molecule has 0 aromatic carbocycles. The van der Waals surface area contributed by atoms with E-state index in [9.17, 15) is 9.90 Å². The SMILES string of the molecule is CC1(C)CC(O)(c2cc(C(=O)O)no2)CCO1. The van der Waals surface area contributed by atoms with Gasteiger partial charge in [0.15, 0.2) is 11.5 Å². The number of ether oxygens (including phenoxy) is 1. The van der Waals surface area contributed by atoms with Crippen molar-refractivity contribution in [2.75, 3.05) is 6.61 Å². The average Bonchev–Trinajstić information content (AvgIpc) is 2.64. The lowest BCUT2D eigenvalue weighted by molar-refractivity contribution is -0.156. The van der Waals surface area contributed by atoms with Crippen molar-refractivity contribution in [3.05, 3.63) is 17.5 Å². The van der Waals surface area contributed by atoms with Gasteiger partial charge in [-0.2, -0.15) is 0 Å². The molecule has 1 atom stereocenters. The molecular weight excluding hydrogens is 226 g/mol. The molecule has 2 N–H and O–H groups in total. The van der Waals surface area contributed by atoms with Gasteiger partial charge in [0.1, 0.15) is 5.60 Å². The minimum atomic E-state index is -1.21. The molecule has 94 valence electrons. The van der Waals surface area contributed by atoms with Crippen LogP contribution in [-0.2, 0) is 10.3 Å². The van der Waals surface area contributed by atoms with E-state index >= 15 is 0 Å². The maximum absolute atomic E-state index is 10.7. The maximum atomic E-state index is 10.7. The number of hydrogen-bond donors (Lipinski definition) is 2. The zero-order chi connectivity index (χ0) is 12.7. The van der Waals surface area contributed by atoms with Crippen LogP contribution in [0, 0.1) is 0 Å². The molecule has 0 bridgehead atoms. The Balaban J connectivity index is 2.27. The van der Waals surface area contributed by atoms with E-state index in [4.69, 9.17) is 14.4 Å². The highest BCUT2D eigenvalue weighted by Crippen LogP contribution is 2.39. The molecule has 1 aromatic rings. The monoisotopic (exact) mass is 241 g/mol. The third-order valence-corrected chi connectivity index (χ3v) is 2.91. The fourth-order valence-corrected chi connectivity index (χ4v) is 2.15. The van der Waals surface area contributed by atoms with Gasteiger partial charge < -0.3 is 19.5 Å². The van der Waals surface area contributed by atoms with Crippen LogP contribution in [0.1, 0.15) is 42.9 Å². The molecule has 0 amide bonds. The van der Waals surface area contributed by atoms with Gasteiger partial charge in [-0.05, 0) is 13.8 Å². The fourth-order valence-electron chi connectivity index (χ4n) is 2.15. The highest BCUT2D eigenvalue weighted by Gasteiger charge is 2.43. The third-order valence-electron chi connectivity index (χ3n) is 2.91. The van der Waals surface area contributed by atoms with Crippen LogP contribution in [0.15, 0.2) is 10.6 Å². The van der Waals surface area contributed by atoms with E-state index in [1.54, 1.807) is 0 Å². The summed E-state index contributed by atoms with van der Waals surface area (Å²) in [5.41, 5.74) is -1.87. The van der Waals surface area contributed by atoms with Crippen molar-refractivity contribution < 1.29 is 24.3 Å². The summed E-state index contributed by atoms with van der Waals surface area (Å²) in [4.78, 5) is 10.7. The summed E-state index contributed by atoms with van der Waals surface area (Å²) < 4.78 is 10.4. The van der Waals surface area contributed by atoms with Crippen LogP contribution >= 0.6 is 0 Å². The normalized spacial score (nSPS) is 27.9. The number of carboxylic acid groups (broad SMARTS) is 1. The number of carboxylic acids is 1. The first-order valence-corrected chi connectivity index (χ1v) is 5.39. The second-order valence-corrected chi connectivity index (χ2v) is 4.95. The first-order chi connectivity index (χ1) is 7.82. The number of aromatic nitrogens is 1. The average molecular weight is 241 g/mol. The molecule has 2 rings (SSSR count). The van der Waals surface area contributed by atoms with Crippen LogP contribution in [-0.4, -0.2) is 33.5 Å². The Bertz CT molecular complexity index is 439. The number of aromatic carboxylic acids is 1. The summed E-state index contributed by atoms with van der Waals surface area (Å²) in [6.45, 7) is 4.13. The molecule has 0 aliphatic carbocycles. The Hall–Kier alpha value is -1.40. The molecule has 1 saturated heterocycles. The van der Waals surface area contributed by atoms with Crippen LogP contribution in [0.4, 0.5) is 0 Å². The third kappa shape index (κ3) is 2.32. The van der Waals surface area contributed by atoms with E-state index in [2.05, 4.69) is 5.16 Å². The molecule has 17 heavy (non-hydrogen) atoms. The lowest BCUT2D eigenvalue weighted by Gasteiger charge is -2.39. The van der Waals surface area contributed by atoms with Gasteiger partial charge in [-0.25, -0.2) is 4.79 Å². The Kier molecular flexibility index (Phi) is 2.71. The Morgan fingerprint density at radius 3 is 2.76 bits per heavy atom. The van der Waals surface area contributed by atoms with Gasteiger partial charge in [0, 0.05) is 18.9 Å². The molecule has 0 spiro atoms. The molecule has 0 saturated carbocycles. The zero-order valence-corrected chi connectivity index (χ0v) is 9.77. The zero-order valence-electron chi connectivity index (χ0n) is 9.77. The number of carbonyl (C=O) groups is 1. The van der Waals surface area contributed by atoms with Crippen molar-refractivity contribution in [2.45, 2.75) is 37.9 Å². The van der Waals surface area contributed by atoms with Gasteiger partial charge >= 0.3 is 5.97 Å². The van der Waals surface area contributed by atoms with E-state index in [-0.39, 0.29) is 11.5 Å². The van der Waals surface area contributed by atoms with Crippen molar-refractivity contribution in [1.29, 1.82) is 0 Å². The molecule has 0 radical (unpaired) electrons. The van der Waals surface area contributed by atoms with E-state index in [0.717, 1.165) is 0 Å².